The molecular weight excluding hydrogens is 250 g/mol. The minimum Gasteiger partial charge on any atom is -0.319 e. The van der Waals surface area contributed by atoms with E-state index in [-0.39, 0.29) is 0 Å². The highest BCUT2D eigenvalue weighted by atomic mass is 31.2. The van der Waals surface area contributed by atoms with E-state index < -0.39 is 18.9 Å². The minimum atomic E-state index is -4.33. The molecule has 0 atom stereocenters. The molecule has 1 N–H and O–H groups in total. The Bertz CT molecular complexity index is 431. The van der Waals surface area contributed by atoms with Crippen LogP contribution >= 0.6 is 7.14 Å². The van der Waals surface area contributed by atoms with Crippen molar-refractivity contribution in [3.05, 3.63) is 29.8 Å². The van der Waals surface area contributed by atoms with Crippen molar-refractivity contribution in [1.29, 1.82) is 0 Å². The Labute approximate surface area is 97.6 Å². The van der Waals surface area contributed by atoms with Gasteiger partial charge in [0.1, 0.15) is 7.14 Å². The Morgan fingerprint density at radius 3 is 2.06 bits per heavy atom. The molecule has 1 heterocycles. The van der Waals surface area contributed by atoms with E-state index in [0.29, 0.717) is 30.7 Å². The Kier molecular flexibility index (Phi) is 3.32. The SMILES string of the molecule is O=P1(c2ccc(C(F)(F)F)cc2)CCNCC1. The van der Waals surface area contributed by atoms with Gasteiger partial charge in [-0.25, -0.2) is 0 Å². The molecule has 1 aliphatic heterocycles. The second-order valence-corrected chi connectivity index (χ2v) is 7.32. The lowest BCUT2D eigenvalue weighted by atomic mass is 10.2. The lowest BCUT2D eigenvalue weighted by molar-refractivity contribution is -0.137. The molecule has 1 aliphatic rings. The Morgan fingerprint density at radius 2 is 1.59 bits per heavy atom. The molecule has 0 aliphatic carbocycles. The molecule has 2 rings (SSSR count). The summed E-state index contributed by atoms with van der Waals surface area (Å²) in [6, 6.07) is 4.73. The van der Waals surface area contributed by atoms with Gasteiger partial charge >= 0.3 is 6.18 Å². The maximum atomic E-state index is 12.5. The molecule has 0 saturated carbocycles. The van der Waals surface area contributed by atoms with Crippen molar-refractivity contribution < 1.29 is 17.7 Å². The second-order valence-electron chi connectivity index (χ2n) is 4.13. The zero-order chi connectivity index (χ0) is 12.5. The summed E-state index contributed by atoms with van der Waals surface area (Å²) in [5, 5.41) is 3.66. The molecule has 0 bridgehead atoms. The standard InChI is InChI=1S/C11H13F3NOP/c12-11(13,14)9-1-3-10(4-2-9)17(16)7-5-15-6-8-17/h1-4,15H,5-8H2. The first-order valence-electron chi connectivity index (χ1n) is 5.38. The van der Waals surface area contributed by atoms with Gasteiger partial charge < -0.3 is 9.88 Å². The van der Waals surface area contributed by atoms with Crippen LogP contribution in [0.1, 0.15) is 5.56 Å². The first-order chi connectivity index (χ1) is 7.92. The molecule has 1 aromatic carbocycles. The Morgan fingerprint density at radius 1 is 1.06 bits per heavy atom. The number of rotatable bonds is 1. The average molecular weight is 263 g/mol. The van der Waals surface area contributed by atoms with E-state index in [1.54, 1.807) is 0 Å². The lowest BCUT2D eigenvalue weighted by Crippen LogP contribution is -2.32. The molecule has 17 heavy (non-hydrogen) atoms. The topological polar surface area (TPSA) is 29.1 Å². The van der Waals surface area contributed by atoms with Crippen molar-refractivity contribution in [1.82, 2.24) is 5.32 Å². The van der Waals surface area contributed by atoms with Crippen LogP contribution in [0, 0.1) is 0 Å². The summed E-state index contributed by atoms with van der Waals surface area (Å²) in [6.07, 6.45) is -3.28. The fourth-order valence-corrected chi connectivity index (χ4v) is 4.41. The van der Waals surface area contributed by atoms with Crippen LogP contribution in [0.2, 0.25) is 0 Å². The van der Waals surface area contributed by atoms with Crippen molar-refractivity contribution in [2.24, 2.45) is 0 Å². The van der Waals surface area contributed by atoms with Gasteiger partial charge in [-0.05, 0) is 12.1 Å². The van der Waals surface area contributed by atoms with Gasteiger partial charge in [0.05, 0.1) is 5.56 Å². The number of halogens is 3. The molecule has 2 nitrogen and oxygen atoms in total. The van der Waals surface area contributed by atoms with Gasteiger partial charge in [0.2, 0.25) is 0 Å². The summed E-state index contributed by atoms with van der Waals surface area (Å²) < 4.78 is 49.6. The second kappa shape index (κ2) is 4.46. The molecule has 0 spiro atoms. The van der Waals surface area contributed by atoms with Gasteiger partial charge in [0.25, 0.3) is 0 Å². The number of nitrogens with one attached hydrogen (secondary N) is 1. The number of hydrogen-bond donors (Lipinski definition) is 1. The van der Waals surface area contributed by atoms with Gasteiger partial charge in [-0.2, -0.15) is 13.2 Å². The molecule has 1 aromatic rings. The van der Waals surface area contributed by atoms with Crippen LogP contribution in [0.5, 0.6) is 0 Å². The van der Waals surface area contributed by atoms with Crippen LogP contribution in [0.15, 0.2) is 24.3 Å². The van der Waals surface area contributed by atoms with E-state index in [2.05, 4.69) is 5.32 Å². The van der Waals surface area contributed by atoms with Gasteiger partial charge in [0, 0.05) is 30.7 Å². The third kappa shape index (κ3) is 2.72. The summed E-state index contributed by atoms with van der Waals surface area (Å²) in [5.41, 5.74) is -0.692. The van der Waals surface area contributed by atoms with E-state index >= 15 is 0 Å². The summed E-state index contributed by atoms with van der Waals surface area (Å²) in [6.45, 7) is 1.33. The third-order valence-corrected chi connectivity index (χ3v) is 6.10. The van der Waals surface area contributed by atoms with Crippen LogP contribution in [0.4, 0.5) is 13.2 Å². The predicted molar refractivity (Wildman–Crippen MR) is 61.3 cm³/mol. The van der Waals surface area contributed by atoms with Gasteiger partial charge in [-0.1, -0.05) is 12.1 Å². The van der Waals surface area contributed by atoms with Crippen molar-refractivity contribution >= 4 is 12.4 Å². The molecule has 0 unspecified atom stereocenters. The highest BCUT2D eigenvalue weighted by Crippen LogP contribution is 2.45. The zero-order valence-corrected chi connectivity index (χ0v) is 10.0. The van der Waals surface area contributed by atoms with Crippen molar-refractivity contribution in [2.45, 2.75) is 6.18 Å². The van der Waals surface area contributed by atoms with Gasteiger partial charge in [-0.15, -0.1) is 0 Å². The third-order valence-electron chi connectivity index (χ3n) is 2.96. The van der Waals surface area contributed by atoms with E-state index in [0.717, 1.165) is 12.1 Å². The number of hydrogen-bond acceptors (Lipinski definition) is 2. The monoisotopic (exact) mass is 263 g/mol. The van der Waals surface area contributed by atoms with Crippen molar-refractivity contribution in [3.63, 3.8) is 0 Å². The highest BCUT2D eigenvalue weighted by molar-refractivity contribution is 7.71. The van der Waals surface area contributed by atoms with Crippen LogP contribution in [0.3, 0.4) is 0 Å². The molecule has 0 aromatic heterocycles. The summed E-state index contributed by atoms with van der Waals surface area (Å²) >= 11 is 0. The molecule has 1 fully saturated rings. The molecule has 0 amide bonds. The normalized spacial score (nSPS) is 20.2. The molecule has 94 valence electrons. The van der Waals surface area contributed by atoms with Crippen molar-refractivity contribution in [2.75, 3.05) is 25.4 Å². The van der Waals surface area contributed by atoms with Gasteiger partial charge in [0.15, 0.2) is 0 Å². The Balaban J connectivity index is 2.26. The first-order valence-corrected chi connectivity index (χ1v) is 7.46. The average Bonchev–Trinajstić information content (AvgIpc) is 2.29. The van der Waals surface area contributed by atoms with Crippen LogP contribution < -0.4 is 10.6 Å². The Hall–Kier alpha value is -0.800. The van der Waals surface area contributed by atoms with Crippen LogP contribution in [-0.2, 0) is 10.7 Å². The molecule has 1 saturated heterocycles. The summed E-state index contributed by atoms with van der Waals surface area (Å²) in [4.78, 5) is 0. The maximum Gasteiger partial charge on any atom is 0.416 e. The van der Waals surface area contributed by atoms with Crippen molar-refractivity contribution in [3.8, 4) is 0 Å². The number of benzene rings is 1. The van der Waals surface area contributed by atoms with E-state index in [4.69, 9.17) is 0 Å². The zero-order valence-electron chi connectivity index (χ0n) is 9.13. The molecular formula is C11H13F3NOP. The summed E-state index contributed by atoms with van der Waals surface area (Å²) in [5.74, 6) is 0. The maximum absolute atomic E-state index is 12.5. The lowest BCUT2D eigenvalue weighted by Gasteiger charge is -2.24. The summed E-state index contributed by atoms with van der Waals surface area (Å²) in [7, 11) is -2.47. The van der Waals surface area contributed by atoms with E-state index in [9.17, 15) is 17.7 Å². The first kappa shape index (κ1) is 12.7. The molecule has 6 heteroatoms. The largest absolute Gasteiger partial charge is 0.416 e. The minimum absolute atomic E-state index is 0.526. The highest BCUT2D eigenvalue weighted by Gasteiger charge is 2.32. The van der Waals surface area contributed by atoms with Crippen LogP contribution in [-0.4, -0.2) is 25.4 Å². The van der Waals surface area contributed by atoms with Crippen LogP contribution in [0.25, 0.3) is 0 Å². The van der Waals surface area contributed by atoms with Gasteiger partial charge in [-0.3, -0.25) is 0 Å². The fraction of sp³-hybridized carbons (Fsp3) is 0.455. The van der Waals surface area contributed by atoms with E-state index in [1.165, 1.54) is 12.1 Å². The van der Waals surface area contributed by atoms with E-state index in [1.807, 2.05) is 0 Å². The smallest absolute Gasteiger partial charge is 0.319 e. The fourth-order valence-electron chi connectivity index (χ4n) is 1.94. The quantitative estimate of drug-likeness (QED) is 0.788. The number of alkyl halides is 3. The predicted octanol–water partition coefficient (Wildman–Crippen LogP) is 2.30. The molecule has 0 radical (unpaired) electrons.